The minimum Gasteiger partial charge on any atom is -0.373 e. The number of hydrogen-bond donors (Lipinski definition) is 1. The zero-order valence-corrected chi connectivity index (χ0v) is 14.6. The van der Waals surface area contributed by atoms with E-state index in [9.17, 15) is 9.18 Å². The van der Waals surface area contributed by atoms with E-state index in [1.54, 1.807) is 16.9 Å². The lowest BCUT2D eigenvalue weighted by molar-refractivity contribution is -0.0629. The number of ether oxygens (including phenoxy) is 1. The number of hydrogen-bond acceptors (Lipinski definition) is 5. The van der Waals surface area contributed by atoms with Crippen molar-refractivity contribution in [2.75, 3.05) is 26.7 Å². The summed E-state index contributed by atoms with van der Waals surface area (Å²) in [6.45, 7) is 1.64. The molecular formula is C18H20FN5O2. The Morgan fingerprint density at radius 1 is 1.46 bits per heavy atom. The summed E-state index contributed by atoms with van der Waals surface area (Å²) in [7, 11) is 3.88. The second-order valence-corrected chi connectivity index (χ2v) is 6.23. The summed E-state index contributed by atoms with van der Waals surface area (Å²) in [5.41, 5.74) is 1.09. The van der Waals surface area contributed by atoms with Gasteiger partial charge in [0.05, 0.1) is 30.0 Å². The van der Waals surface area contributed by atoms with E-state index in [0.29, 0.717) is 6.61 Å². The predicted molar refractivity (Wildman–Crippen MR) is 91.8 cm³/mol. The van der Waals surface area contributed by atoms with Gasteiger partial charge in [-0.05, 0) is 31.3 Å². The number of amides is 1. The number of carbonyl (C=O) groups excluding carboxylic acids is 1. The third-order valence-electron chi connectivity index (χ3n) is 4.58. The zero-order valence-electron chi connectivity index (χ0n) is 14.6. The molecule has 136 valence electrons. The van der Waals surface area contributed by atoms with Crippen LogP contribution >= 0.6 is 0 Å². The molecule has 1 aromatic carbocycles. The molecule has 0 unspecified atom stereocenters. The van der Waals surface area contributed by atoms with Crippen LogP contribution < -0.4 is 5.32 Å². The predicted octanol–water partition coefficient (Wildman–Crippen LogP) is 1.23. The summed E-state index contributed by atoms with van der Waals surface area (Å²) in [4.78, 5) is 14.5. The Labute approximate surface area is 151 Å². The van der Waals surface area contributed by atoms with Gasteiger partial charge < -0.3 is 10.1 Å². The molecule has 2 atom stereocenters. The van der Waals surface area contributed by atoms with E-state index in [4.69, 9.17) is 10.00 Å². The molecule has 1 aromatic heterocycles. The number of aryl methyl sites for hydroxylation is 1. The van der Waals surface area contributed by atoms with Crippen LogP contribution in [0, 0.1) is 17.1 Å². The van der Waals surface area contributed by atoms with Gasteiger partial charge in [-0.25, -0.2) is 4.39 Å². The monoisotopic (exact) mass is 357 g/mol. The van der Waals surface area contributed by atoms with Crippen LogP contribution in [0.1, 0.15) is 27.7 Å². The van der Waals surface area contributed by atoms with Crippen molar-refractivity contribution < 1.29 is 13.9 Å². The van der Waals surface area contributed by atoms with Crippen molar-refractivity contribution in [2.45, 2.75) is 12.1 Å². The summed E-state index contributed by atoms with van der Waals surface area (Å²) in [6, 6.07) is 7.36. The van der Waals surface area contributed by atoms with E-state index >= 15 is 0 Å². The summed E-state index contributed by atoms with van der Waals surface area (Å²) < 4.78 is 21.1. The van der Waals surface area contributed by atoms with Crippen LogP contribution in [-0.2, 0) is 11.8 Å². The van der Waals surface area contributed by atoms with Gasteiger partial charge >= 0.3 is 0 Å². The van der Waals surface area contributed by atoms with Crippen molar-refractivity contribution in [3.63, 3.8) is 0 Å². The van der Waals surface area contributed by atoms with E-state index < -0.39 is 5.82 Å². The number of nitrogens with zero attached hydrogens (tertiary/aromatic N) is 4. The number of carbonyl (C=O) groups is 1. The number of nitriles is 1. The molecule has 26 heavy (non-hydrogen) atoms. The highest BCUT2D eigenvalue weighted by molar-refractivity contribution is 5.94. The maximum absolute atomic E-state index is 13.4. The summed E-state index contributed by atoms with van der Waals surface area (Å²) >= 11 is 0. The van der Waals surface area contributed by atoms with Crippen molar-refractivity contribution in [3.8, 4) is 6.07 Å². The fraction of sp³-hybridized carbons (Fsp3) is 0.389. The molecule has 1 N–H and O–H groups in total. The molecule has 0 bridgehead atoms. The average molecular weight is 357 g/mol. The van der Waals surface area contributed by atoms with Crippen LogP contribution in [0.25, 0.3) is 0 Å². The van der Waals surface area contributed by atoms with Crippen molar-refractivity contribution in [2.24, 2.45) is 7.05 Å². The number of halogens is 1. The van der Waals surface area contributed by atoms with Crippen LogP contribution in [0.5, 0.6) is 0 Å². The number of likely N-dealkylation sites (N-methyl/N-ethyl adjacent to an activating group) is 1. The molecule has 3 rings (SSSR count). The smallest absolute Gasteiger partial charge is 0.251 e. The largest absolute Gasteiger partial charge is 0.373 e. The minimum absolute atomic E-state index is 0.0422. The first kappa shape index (κ1) is 18.0. The molecule has 0 aliphatic carbocycles. The molecule has 2 aromatic rings. The molecule has 1 amide bonds. The third-order valence-corrected chi connectivity index (χ3v) is 4.58. The minimum atomic E-state index is -0.641. The lowest BCUT2D eigenvalue weighted by Gasteiger charge is -2.39. The number of rotatable bonds is 4. The Bertz CT molecular complexity index is 844. The SMILES string of the molecule is CN1CCO[C@@H](CNC(=O)c2ccc(F)c(C#N)c2)[C@@H]1c1ccnn1C. The number of morpholine rings is 1. The maximum Gasteiger partial charge on any atom is 0.251 e. The average Bonchev–Trinajstić information content (AvgIpc) is 3.05. The second kappa shape index (κ2) is 7.64. The van der Waals surface area contributed by atoms with E-state index in [0.717, 1.165) is 18.3 Å². The van der Waals surface area contributed by atoms with Crippen LogP contribution in [0.4, 0.5) is 4.39 Å². The normalized spacial score (nSPS) is 20.5. The van der Waals surface area contributed by atoms with E-state index in [2.05, 4.69) is 15.3 Å². The Hall–Kier alpha value is -2.76. The molecule has 1 aliphatic rings. The number of nitrogens with one attached hydrogen (secondary N) is 1. The van der Waals surface area contributed by atoms with Crippen molar-refractivity contribution in [1.29, 1.82) is 5.26 Å². The molecule has 8 heteroatoms. The van der Waals surface area contributed by atoms with Gasteiger partial charge in [0.25, 0.3) is 5.91 Å². The van der Waals surface area contributed by atoms with Gasteiger partial charge in [0.2, 0.25) is 0 Å². The Morgan fingerprint density at radius 3 is 2.96 bits per heavy atom. The van der Waals surface area contributed by atoms with Crippen molar-refractivity contribution >= 4 is 5.91 Å². The lowest BCUT2D eigenvalue weighted by Crippen LogP contribution is -2.48. The summed E-state index contributed by atoms with van der Waals surface area (Å²) in [5.74, 6) is -1.01. The van der Waals surface area contributed by atoms with Gasteiger partial charge in [0.1, 0.15) is 11.9 Å². The second-order valence-electron chi connectivity index (χ2n) is 6.23. The van der Waals surface area contributed by atoms with Crippen LogP contribution in [0.15, 0.2) is 30.5 Å². The van der Waals surface area contributed by atoms with E-state index in [-0.39, 0.29) is 35.7 Å². The third kappa shape index (κ3) is 3.59. The molecule has 1 aliphatic heterocycles. The lowest BCUT2D eigenvalue weighted by atomic mass is 10.0. The standard InChI is InChI=1S/C18H20FN5O2/c1-23-7-8-26-16(17(23)15-5-6-22-24(15)2)11-21-18(25)12-3-4-14(19)13(9-12)10-20/h3-6,9,16-17H,7-8,11H2,1-2H3,(H,21,25)/t16-,17-/m0/s1. The fourth-order valence-electron chi connectivity index (χ4n) is 3.17. The van der Waals surface area contributed by atoms with Crippen LogP contribution in [0.3, 0.4) is 0 Å². The van der Waals surface area contributed by atoms with Gasteiger partial charge in [-0.3, -0.25) is 14.4 Å². The Morgan fingerprint density at radius 2 is 2.27 bits per heavy atom. The molecule has 1 fully saturated rings. The van der Waals surface area contributed by atoms with Gasteiger partial charge in [0, 0.05) is 31.9 Å². The highest BCUT2D eigenvalue weighted by Gasteiger charge is 2.33. The Kier molecular flexibility index (Phi) is 5.30. The van der Waals surface area contributed by atoms with Gasteiger partial charge in [-0.15, -0.1) is 0 Å². The molecule has 0 saturated carbocycles. The van der Waals surface area contributed by atoms with Crippen LogP contribution in [0.2, 0.25) is 0 Å². The summed E-state index contributed by atoms with van der Waals surface area (Å²) in [5, 5.41) is 15.9. The first-order chi connectivity index (χ1) is 12.5. The Balaban J connectivity index is 1.72. The maximum atomic E-state index is 13.4. The van der Waals surface area contributed by atoms with E-state index in [1.165, 1.54) is 12.1 Å². The topological polar surface area (TPSA) is 83.2 Å². The molecule has 0 spiro atoms. The highest BCUT2D eigenvalue weighted by Crippen LogP contribution is 2.27. The zero-order chi connectivity index (χ0) is 18.7. The quantitative estimate of drug-likeness (QED) is 0.890. The molecule has 2 heterocycles. The first-order valence-corrected chi connectivity index (χ1v) is 8.29. The van der Waals surface area contributed by atoms with Gasteiger partial charge in [0.15, 0.2) is 0 Å². The van der Waals surface area contributed by atoms with Gasteiger partial charge in [-0.2, -0.15) is 10.4 Å². The molecular weight excluding hydrogens is 337 g/mol. The number of benzene rings is 1. The van der Waals surface area contributed by atoms with E-state index in [1.807, 2.05) is 20.2 Å². The fourth-order valence-corrected chi connectivity index (χ4v) is 3.17. The molecule has 1 saturated heterocycles. The molecule has 0 radical (unpaired) electrons. The summed E-state index contributed by atoms with van der Waals surface area (Å²) in [6.07, 6.45) is 1.49. The molecule has 7 nitrogen and oxygen atoms in total. The number of aromatic nitrogens is 2. The van der Waals surface area contributed by atoms with Crippen molar-refractivity contribution in [3.05, 3.63) is 53.1 Å². The highest BCUT2D eigenvalue weighted by atomic mass is 19.1. The van der Waals surface area contributed by atoms with Gasteiger partial charge in [-0.1, -0.05) is 0 Å². The first-order valence-electron chi connectivity index (χ1n) is 8.29. The van der Waals surface area contributed by atoms with Crippen molar-refractivity contribution in [1.82, 2.24) is 20.0 Å². The van der Waals surface area contributed by atoms with Crippen LogP contribution in [-0.4, -0.2) is 53.4 Å².